The molecular weight excluding hydrogens is 430 g/mol. The van der Waals surface area contributed by atoms with Gasteiger partial charge in [0.1, 0.15) is 0 Å². The number of carbonyl (C=O) groups is 2. The van der Waals surface area contributed by atoms with Crippen molar-refractivity contribution in [3.63, 3.8) is 0 Å². The molecule has 0 atom stereocenters. The molecule has 5 nitrogen and oxygen atoms in total. The van der Waals surface area contributed by atoms with Crippen LogP contribution in [0.4, 0.5) is 5.69 Å². The Balaban J connectivity index is 1.79. The molecule has 0 unspecified atom stereocenters. The zero-order valence-corrected chi connectivity index (χ0v) is 20.8. The first-order valence-electron chi connectivity index (χ1n) is 11.7. The lowest BCUT2D eigenvalue weighted by atomic mass is 9.92. The third-order valence-corrected chi connectivity index (χ3v) is 7.00. The van der Waals surface area contributed by atoms with Crippen molar-refractivity contribution in [2.24, 2.45) is 5.14 Å². The van der Waals surface area contributed by atoms with E-state index in [1.165, 1.54) is 16.8 Å². The molecule has 1 fully saturated rings. The predicted molar refractivity (Wildman–Crippen MR) is 139 cm³/mol. The number of hydrogen-bond acceptors (Lipinski definition) is 6. The summed E-state index contributed by atoms with van der Waals surface area (Å²) in [6.07, 6.45) is 2.42. The molecule has 0 saturated carbocycles. The molecule has 176 valence electrons. The first-order chi connectivity index (χ1) is 15.9. The van der Waals surface area contributed by atoms with Gasteiger partial charge in [-0.3, -0.25) is 14.7 Å². The zero-order chi connectivity index (χ0) is 24.0. The second kappa shape index (κ2) is 11.6. The van der Waals surface area contributed by atoms with E-state index in [1.807, 2.05) is 19.9 Å². The minimum atomic E-state index is -0.0373. The summed E-state index contributed by atoms with van der Waals surface area (Å²) in [5.74, 6) is 0.0389. The second-order valence-electron chi connectivity index (χ2n) is 8.50. The molecule has 0 radical (unpaired) electrons. The molecule has 1 aliphatic heterocycles. The van der Waals surface area contributed by atoms with Crippen molar-refractivity contribution in [2.75, 3.05) is 31.1 Å². The van der Waals surface area contributed by atoms with E-state index in [-0.39, 0.29) is 11.6 Å². The maximum atomic E-state index is 13.2. The van der Waals surface area contributed by atoms with Gasteiger partial charge in [0, 0.05) is 66.3 Å². The van der Waals surface area contributed by atoms with Crippen LogP contribution in [0, 0.1) is 6.92 Å². The maximum absolute atomic E-state index is 13.2. The molecule has 0 amide bonds. The first kappa shape index (κ1) is 25.2. The molecule has 2 aromatic carbocycles. The van der Waals surface area contributed by atoms with Crippen LogP contribution in [0.2, 0.25) is 0 Å². The zero-order valence-electron chi connectivity index (χ0n) is 20.0. The molecular formula is C27H35N3O2S. The second-order valence-corrected chi connectivity index (χ2v) is 9.18. The van der Waals surface area contributed by atoms with E-state index in [4.69, 9.17) is 5.14 Å². The highest BCUT2D eigenvalue weighted by Gasteiger charge is 2.19. The number of benzene rings is 2. The summed E-state index contributed by atoms with van der Waals surface area (Å²) in [4.78, 5) is 28.6. The molecule has 0 aliphatic carbocycles. The highest BCUT2D eigenvalue weighted by Crippen LogP contribution is 2.30. The van der Waals surface area contributed by atoms with Crippen molar-refractivity contribution in [3.05, 3.63) is 64.7 Å². The Hall–Kier alpha value is -2.41. The summed E-state index contributed by atoms with van der Waals surface area (Å²) in [7, 11) is 0. The fourth-order valence-electron chi connectivity index (χ4n) is 4.37. The van der Waals surface area contributed by atoms with Gasteiger partial charge in [-0.1, -0.05) is 26.5 Å². The van der Waals surface area contributed by atoms with Gasteiger partial charge >= 0.3 is 0 Å². The molecule has 1 aliphatic rings. The number of ketones is 2. The number of nitrogens with two attached hydrogens (primary N) is 1. The minimum Gasteiger partial charge on any atom is -0.369 e. The monoisotopic (exact) mass is 465 g/mol. The van der Waals surface area contributed by atoms with Crippen molar-refractivity contribution in [2.45, 2.75) is 51.3 Å². The van der Waals surface area contributed by atoms with Crippen molar-refractivity contribution < 1.29 is 9.59 Å². The minimum absolute atomic E-state index is 0.0373. The topological polar surface area (TPSA) is 75.4 Å². The lowest BCUT2D eigenvalue weighted by molar-refractivity contribution is -0.113. The van der Waals surface area contributed by atoms with Crippen LogP contribution in [-0.2, 0) is 17.6 Å². The molecule has 33 heavy (non-hydrogen) atoms. The molecule has 0 spiro atoms. The van der Waals surface area contributed by atoms with Gasteiger partial charge in [0.05, 0.1) is 0 Å². The van der Waals surface area contributed by atoms with E-state index in [2.05, 4.69) is 41.9 Å². The van der Waals surface area contributed by atoms with Crippen LogP contribution in [0.15, 0.2) is 41.8 Å². The van der Waals surface area contributed by atoms with E-state index in [0.29, 0.717) is 36.0 Å². The fraction of sp³-hybridized carbons (Fsp3) is 0.407. The summed E-state index contributed by atoms with van der Waals surface area (Å²) in [5, 5.41) is 9.22. The molecule has 3 rings (SSSR count). The van der Waals surface area contributed by atoms with Gasteiger partial charge in [-0.2, -0.15) is 0 Å². The van der Waals surface area contributed by atoms with Crippen molar-refractivity contribution in [3.8, 4) is 0 Å². The molecule has 2 aromatic rings. The third kappa shape index (κ3) is 5.94. The number of hydrogen-bond donors (Lipinski definition) is 2. The highest BCUT2D eigenvalue weighted by atomic mass is 32.2. The SMILES string of the molecule is C=C(C(=O)CC)c1cc(C(=O)CCc2ccc(N3CCNCC3)cc2CC)c(C)cc1SN. The molecule has 1 heterocycles. The van der Waals surface area contributed by atoms with Gasteiger partial charge in [-0.25, -0.2) is 0 Å². The number of Topliss-reactive ketones (excluding diaryl/α,β-unsaturated/α-hetero) is 2. The summed E-state index contributed by atoms with van der Waals surface area (Å²) < 4.78 is 0. The number of aryl methyl sites for hydroxylation is 3. The first-order valence-corrected chi connectivity index (χ1v) is 12.6. The number of piperazine rings is 1. The Labute approximate surface area is 201 Å². The van der Waals surface area contributed by atoms with Gasteiger partial charge in [0.2, 0.25) is 0 Å². The summed E-state index contributed by atoms with van der Waals surface area (Å²) >= 11 is 1.08. The van der Waals surface area contributed by atoms with Gasteiger partial charge in [-0.05, 0) is 72.7 Å². The largest absolute Gasteiger partial charge is 0.369 e. The quantitative estimate of drug-likeness (QED) is 0.300. The van der Waals surface area contributed by atoms with E-state index >= 15 is 0 Å². The smallest absolute Gasteiger partial charge is 0.163 e. The molecule has 3 N–H and O–H groups in total. The highest BCUT2D eigenvalue weighted by molar-refractivity contribution is 7.97. The van der Waals surface area contributed by atoms with E-state index in [9.17, 15) is 9.59 Å². The molecule has 6 heteroatoms. The Morgan fingerprint density at radius 3 is 2.45 bits per heavy atom. The van der Waals surface area contributed by atoms with Crippen LogP contribution in [0.3, 0.4) is 0 Å². The third-order valence-electron chi connectivity index (χ3n) is 6.41. The van der Waals surface area contributed by atoms with Gasteiger partial charge in [0.15, 0.2) is 11.6 Å². The van der Waals surface area contributed by atoms with Gasteiger partial charge < -0.3 is 10.2 Å². The summed E-state index contributed by atoms with van der Waals surface area (Å²) in [6.45, 7) is 13.9. The fourth-order valence-corrected chi connectivity index (χ4v) is 4.92. The number of rotatable bonds is 10. The summed E-state index contributed by atoms with van der Waals surface area (Å²) in [5.41, 5.74) is 6.38. The average Bonchev–Trinajstić information content (AvgIpc) is 2.86. The van der Waals surface area contributed by atoms with Crippen LogP contribution in [-0.4, -0.2) is 37.7 Å². The average molecular weight is 466 g/mol. The standard InChI is InChI=1S/C27H35N3O2S/c1-5-20-16-22(30-13-11-29-12-14-30)9-7-21(20)8-10-26(32)23-17-24(19(4)25(31)6-2)27(33-28)15-18(23)3/h7,9,15-17,29H,4-6,8,10-14,28H2,1-3H3. The Bertz CT molecular complexity index is 1040. The maximum Gasteiger partial charge on any atom is 0.163 e. The Kier molecular flexibility index (Phi) is 8.89. The number of nitrogens with zero attached hydrogens (tertiary/aromatic N) is 1. The summed E-state index contributed by atoms with van der Waals surface area (Å²) in [6, 6.07) is 10.3. The lowest BCUT2D eigenvalue weighted by Crippen LogP contribution is -2.43. The van der Waals surface area contributed by atoms with Crippen molar-refractivity contribution in [1.29, 1.82) is 0 Å². The van der Waals surface area contributed by atoms with Crippen molar-refractivity contribution in [1.82, 2.24) is 5.32 Å². The number of nitrogens with one attached hydrogen (secondary N) is 1. The van der Waals surface area contributed by atoms with Crippen LogP contribution in [0.1, 0.15) is 59.3 Å². The van der Waals surface area contributed by atoms with Crippen LogP contribution >= 0.6 is 11.9 Å². The Morgan fingerprint density at radius 1 is 1.09 bits per heavy atom. The van der Waals surface area contributed by atoms with Crippen LogP contribution < -0.4 is 15.4 Å². The van der Waals surface area contributed by atoms with E-state index in [0.717, 1.165) is 55.0 Å². The van der Waals surface area contributed by atoms with Crippen LogP contribution in [0.5, 0.6) is 0 Å². The molecule has 0 bridgehead atoms. The van der Waals surface area contributed by atoms with Gasteiger partial charge in [0.25, 0.3) is 0 Å². The lowest BCUT2D eigenvalue weighted by Gasteiger charge is -2.30. The van der Waals surface area contributed by atoms with Crippen LogP contribution in [0.25, 0.3) is 5.57 Å². The Morgan fingerprint density at radius 2 is 1.82 bits per heavy atom. The van der Waals surface area contributed by atoms with E-state index < -0.39 is 0 Å². The normalized spacial score (nSPS) is 13.8. The van der Waals surface area contributed by atoms with Gasteiger partial charge in [-0.15, -0.1) is 0 Å². The van der Waals surface area contributed by atoms with E-state index in [1.54, 1.807) is 6.07 Å². The number of allylic oxidation sites excluding steroid dienone is 1. The van der Waals surface area contributed by atoms with Crippen molar-refractivity contribution >= 4 is 34.8 Å². The molecule has 1 saturated heterocycles. The number of carbonyl (C=O) groups excluding carboxylic acids is 2. The predicted octanol–water partition coefficient (Wildman–Crippen LogP) is 4.74. The number of anilines is 1. The molecule has 0 aromatic heterocycles.